The zero-order chi connectivity index (χ0) is 17.6. The van der Waals surface area contributed by atoms with Crippen LogP contribution in [0.4, 0.5) is 0 Å². The Kier molecular flexibility index (Phi) is 7.85. The molecule has 24 heavy (non-hydrogen) atoms. The summed E-state index contributed by atoms with van der Waals surface area (Å²) < 4.78 is 8.48. The third-order valence-corrected chi connectivity index (χ3v) is 8.23. The minimum atomic E-state index is -0.530. The van der Waals surface area contributed by atoms with Gasteiger partial charge in [-0.2, -0.15) is 0 Å². The summed E-state index contributed by atoms with van der Waals surface area (Å²) in [6.45, 7) is 8.80. The van der Waals surface area contributed by atoms with Crippen molar-refractivity contribution in [1.82, 2.24) is 4.72 Å². The quantitative estimate of drug-likeness (QED) is 0.514. The van der Waals surface area contributed by atoms with Gasteiger partial charge < -0.3 is 4.74 Å². The number of aryl methyl sites for hydroxylation is 1. The maximum atomic E-state index is 12.7. The van der Waals surface area contributed by atoms with Gasteiger partial charge in [0.15, 0.2) is 4.08 Å². The lowest BCUT2D eigenvalue weighted by atomic mass is 10.0. The molecular weight excluding hydrogens is 358 g/mol. The van der Waals surface area contributed by atoms with Crippen LogP contribution in [0.5, 0.6) is 0 Å². The van der Waals surface area contributed by atoms with Crippen LogP contribution in [0, 0.1) is 12.8 Å². The largest absolute Gasteiger partial charge is 0.464 e. The van der Waals surface area contributed by atoms with Crippen LogP contribution in [0.3, 0.4) is 0 Å². The minimum Gasteiger partial charge on any atom is -0.464 e. The predicted molar refractivity (Wildman–Crippen MR) is 108 cm³/mol. The van der Waals surface area contributed by atoms with Crippen LogP contribution in [-0.4, -0.2) is 34.2 Å². The maximum absolute atomic E-state index is 12.7. The van der Waals surface area contributed by atoms with Crippen molar-refractivity contribution in [2.75, 3.05) is 18.1 Å². The van der Waals surface area contributed by atoms with E-state index in [0.717, 1.165) is 17.9 Å². The summed E-state index contributed by atoms with van der Waals surface area (Å²) in [5.74, 6) is 2.42. The monoisotopic (exact) mass is 385 g/mol. The van der Waals surface area contributed by atoms with Crippen molar-refractivity contribution in [2.45, 2.75) is 49.1 Å². The Bertz CT molecular complexity index is 528. The Morgan fingerprint density at radius 2 is 1.92 bits per heavy atom. The third kappa shape index (κ3) is 5.10. The first-order valence-corrected chi connectivity index (χ1v) is 11.2. The zero-order valence-corrected chi connectivity index (χ0v) is 17.3. The van der Waals surface area contributed by atoms with Crippen molar-refractivity contribution >= 4 is 41.4 Å². The molecule has 0 spiro atoms. The number of carbonyl (C=O) groups is 1. The van der Waals surface area contributed by atoms with E-state index in [-0.39, 0.29) is 12.0 Å². The zero-order valence-electron chi connectivity index (χ0n) is 14.8. The summed E-state index contributed by atoms with van der Waals surface area (Å²) in [7, 11) is 0. The van der Waals surface area contributed by atoms with E-state index in [1.54, 1.807) is 35.5 Å². The maximum Gasteiger partial charge on any atom is 0.334 e. The van der Waals surface area contributed by atoms with Crippen molar-refractivity contribution < 1.29 is 9.53 Å². The highest BCUT2D eigenvalue weighted by atomic mass is 32.2. The van der Waals surface area contributed by atoms with E-state index in [4.69, 9.17) is 4.74 Å². The number of carbonyl (C=O) groups excluding carboxylic acids is 1. The topological polar surface area (TPSA) is 38.3 Å². The normalized spacial score (nSPS) is 17.9. The van der Waals surface area contributed by atoms with Crippen LogP contribution < -0.4 is 4.72 Å². The Hall–Kier alpha value is -0.300. The summed E-state index contributed by atoms with van der Waals surface area (Å²) in [6, 6.07) is 8.53. The molecule has 3 nitrogen and oxygen atoms in total. The van der Waals surface area contributed by atoms with E-state index in [1.165, 1.54) is 10.5 Å². The fourth-order valence-corrected chi connectivity index (χ4v) is 6.76. The number of nitrogens with one attached hydrogen (secondary N) is 1. The predicted octanol–water partition coefficient (Wildman–Crippen LogP) is 4.75. The van der Waals surface area contributed by atoms with Gasteiger partial charge in [-0.25, -0.2) is 4.79 Å². The average Bonchev–Trinajstić information content (AvgIpc) is 3.04. The summed E-state index contributed by atoms with van der Waals surface area (Å²) in [6.07, 6.45) is 0.942. The Balaban J connectivity index is 2.15. The van der Waals surface area contributed by atoms with E-state index in [0.29, 0.717) is 12.5 Å². The van der Waals surface area contributed by atoms with Crippen LogP contribution >= 0.6 is 35.5 Å². The number of rotatable bonds is 8. The number of thioether (sulfide) groups is 2. The Morgan fingerprint density at radius 1 is 1.29 bits per heavy atom. The molecule has 0 aromatic heterocycles. The molecule has 1 atom stereocenters. The fourth-order valence-electron chi connectivity index (χ4n) is 2.62. The molecule has 1 aliphatic heterocycles. The second-order valence-electron chi connectivity index (χ2n) is 6.30. The number of hydrogen-bond donors (Lipinski definition) is 1. The molecule has 1 aromatic rings. The highest BCUT2D eigenvalue weighted by Gasteiger charge is 2.51. The fraction of sp³-hybridized carbons (Fsp3) is 0.611. The van der Waals surface area contributed by atoms with Crippen molar-refractivity contribution in [3.05, 3.63) is 29.8 Å². The van der Waals surface area contributed by atoms with E-state index >= 15 is 0 Å². The van der Waals surface area contributed by atoms with Gasteiger partial charge in [-0.1, -0.05) is 31.5 Å². The van der Waals surface area contributed by atoms with Gasteiger partial charge in [0.25, 0.3) is 0 Å². The van der Waals surface area contributed by atoms with Crippen molar-refractivity contribution in [3.63, 3.8) is 0 Å². The lowest BCUT2D eigenvalue weighted by Gasteiger charge is -2.35. The van der Waals surface area contributed by atoms with Gasteiger partial charge in [-0.3, -0.25) is 4.72 Å². The number of ether oxygens (including phenoxy) is 1. The molecule has 1 unspecified atom stereocenters. The average molecular weight is 386 g/mol. The van der Waals surface area contributed by atoms with Crippen LogP contribution in [0.15, 0.2) is 29.2 Å². The van der Waals surface area contributed by atoms with Crippen molar-refractivity contribution in [1.29, 1.82) is 0 Å². The van der Waals surface area contributed by atoms with Gasteiger partial charge in [-0.15, -0.1) is 23.5 Å². The molecule has 0 aliphatic carbocycles. The second-order valence-corrected chi connectivity index (χ2v) is 10.2. The summed E-state index contributed by atoms with van der Waals surface area (Å²) in [5, 5.41) is 0. The van der Waals surface area contributed by atoms with Crippen LogP contribution in [0.25, 0.3) is 0 Å². The van der Waals surface area contributed by atoms with E-state index < -0.39 is 4.08 Å². The highest BCUT2D eigenvalue weighted by Crippen LogP contribution is 2.49. The molecular formula is C18H27NO2S3. The molecule has 1 aliphatic rings. The second kappa shape index (κ2) is 9.41. The molecule has 1 fully saturated rings. The van der Waals surface area contributed by atoms with Crippen molar-refractivity contribution in [2.24, 2.45) is 5.92 Å². The lowest BCUT2D eigenvalue weighted by Crippen LogP contribution is -2.49. The van der Waals surface area contributed by atoms with Crippen LogP contribution in [0.1, 0.15) is 32.8 Å². The van der Waals surface area contributed by atoms with E-state index in [9.17, 15) is 4.79 Å². The standard InChI is InChI=1S/C18H27NO2S3/c1-5-21-17(20)18(22-10-11-23-18)16(12-13(2)3)19-24-15-8-6-14(4)7-9-15/h6-9,13,16,19H,5,10-12H2,1-4H3. The molecule has 1 aromatic carbocycles. The molecule has 134 valence electrons. The SMILES string of the molecule is CCOC(=O)C1(C(CC(C)C)NSc2ccc(C)cc2)SCCS1. The summed E-state index contributed by atoms with van der Waals surface area (Å²) in [4.78, 5) is 13.9. The first kappa shape index (κ1) is 20.0. The number of benzene rings is 1. The third-order valence-electron chi connectivity index (χ3n) is 3.78. The smallest absolute Gasteiger partial charge is 0.334 e. The van der Waals surface area contributed by atoms with Crippen molar-refractivity contribution in [3.8, 4) is 0 Å². The molecule has 1 N–H and O–H groups in total. The molecule has 0 bridgehead atoms. The Labute approximate surface area is 158 Å². The summed E-state index contributed by atoms with van der Waals surface area (Å²) >= 11 is 5.09. The van der Waals surface area contributed by atoms with Gasteiger partial charge >= 0.3 is 5.97 Å². The lowest BCUT2D eigenvalue weighted by molar-refractivity contribution is -0.144. The number of hydrogen-bond acceptors (Lipinski definition) is 6. The van der Waals surface area contributed by atoms with Gasteiger partial charge in [0, 0.05) is 16.4 Å². The first-order chi connectivity index (χ1) is 11.5. The Morgan fingerprint density at radius 3 is 2.46 bits per heavy atom. The molecule has 0 saturated carbocycles. The van der Waals surface area contributed by atoms with Gasteiger partial charge in [0.05, 0.1) is 12.6 Å². The van der Waals surface area contributed by atoms with Crippen LogP contribution in [-0.2, 0) is 9.53 Å². The van der Waals surface area contributed by atoms with E-state index in [1.807, 2.05) is 6.92 Å². The molecule has 0 radical (unpaired) electrons. The molecule has 6 heteroatoms. The minimum absolute atomic E-state index is 0.0698. The molecule has 1 saturated heterocycles. The molecule has 2 rings (SSSR count). The van der Waals surface area contributed by atoms with Gasteiger partial charge in [0.1, 0.15) is 0 Å². The highest BCUT2D eigenvalue weighted by molar-refractivity contribution is 8.22. The molecule has 0 amide bonds. The van der Waals surface area contributed by atoms with Crippen LogP contribution in [0.2, 0.25) is 0 Å². The van der Waals surface area contributed by atoms with Gasteiger partial charge in [0.2, 0.25) is 0 Å². The van der Waals surface area contributed by atoms with E-state index in [2.05, 4.69) is 49.8 Å². The first-order valence-electron chi connectivity index (χ1n) is 8.42. The van der Waals surface area contributed by atoms with Gasteiger partial charge in [-0.05, 0) is 50.3 Å². The summed E-state index contributed by atoms with van der Waals surface area (Å²) in [5.41, 5.74) is 1.25. The number of esters is 1. The molecule has 1 heterocycles.